The summed E-state index contributed by atoms with van der Waals surface area (Å²) < 4.78 is 1.55. The van der Waals surface area contributed by atoms with Gasteiger partial charge in [-0.3, -0.25) is 9.36 Å². The highest BCUT2D eigenvalue weighted by Crippen LogP contribution is 2.20. The Kier molecular flexibility index (Phi) is 6.36. The number of carbonyl (C=O) groups is 1. The molecule has 6 nitrogen and oxygen atoms in total. The van der Waals surface area contributed by atoms with Crippen molar-refractivity contribution in [2.24, 2.45) is 0 Å². The minimum absolute atomic E-state index is 0.150. The number of aromatic nitrogens is 3. The fourth-order valence-electron chi connectivity index (χ4n) is 2.58. The average molecular weight is 403 g/mol. The van der Waals surface area contributed by atoms with Crippen LogP contribution in [0.25, 0.3) is 0 Å². The number of amides is 1. The number of thioether (sulfide) groups is 1. The molecule has 27 heavy (non-hydrogen) atoms. The number of carbonyl (C=O) groups excluding carboxylic acids is 1. The van der Waals surface area contributed by atoms with Gasteiger partial charge in [-0.2, -0.15) is 0 Å². The van der Waals surface area contributed by atoms with Gasteiger partial charge in [0.1, 0.15) is 0 Å². The molecule has 1 aromatic heterocycles. The van der Waals surface area contributed by atoms with E-state index in [4.69, 9.17) is 11.6 Å². The van der Waals surface area contributed by atoms with E-state index in [0.29, 0.717) is 28.8 Å². The Bertz CT molecular complexity index is 985. The second-order valence-corrected chi connectivity index (χ2v) is 7.37. The van der Waals surface area contributed by atoms with Crippen LogP contribution >= 0.6 is 23.4 Å². The summed E-state index contributed by atoms with van der Waals surface area (Å²) in [5, 5.41) is 10.5. The number of H-pyrrole nitrogens is 1. The normalized spacial score (nSPS) is 10.7. The first-order valence-electron chi connectivity index (χ1n) is 8.41. The lowest BCUT2D eigenvalue weighted by Crippen LogP contribution is -2.20. The van der Waals surface area contributed by atoms with Crippen LogP contribution in [-0.4, -0.2) is 26.4 Å². The number of benzene rings is 2. The molecule has 1 amide bonds. The van der Waals surface area contributed by atoms with Crippen LogP contribution in [0.3, 0.4) is 0 Å². The third-order valence-electron chi connectivity index (χ3n) is 3.99. The van der Waals surface area contributed by atoms with E-state index in [9.17, 15) is 9.59 Å². The number of hydrogen-bond acceptors (Lipinski definition) is 4. The Morgan fingerprint density at radius 1 is 1.26 bits per heavy atom. The first-order valence-corrected chi connectivity index (χ1v) is 9.77. The van der Waals surface area contributed by atoms with Gasteiger partial charge in [0.25, 0.3) is 0 Å². The molecule has 0 unspecified atom stereocenters. The van der Waals surface area contributed by atoms with E-state index in [1.807, 2.05) is 37.3 Å². The Hall–Kier alpha value is -2.51. The van der Waals surface area contributed by atoms with Crippen LogP contribution in [0, 0.1) is 6.92 Å². The quantitative estimate of drug-likeness (QED) is 0.593. The smallest absolute Gasteiger partial charge is 0.325 e. The molecule has 0 spiro atoms. The molecule has 0 saturated carbocycles. The summed E-state index contributed by atoms with van der Waals surface area (Å²) in [4.78, 5) is 24.2. The summed E-state index contributed by atoms with van der Waals surface area (Å²) in [5.41, 5.74) is 2.47. The number of halogens is 1. The van der Waals surface area contributed by atoms with Crippen molar-refractivity contribution >= 4 is 35.0 Å². The molecular weight excluding hydrogens is 384 g/mol. The largest absolute Gasteiger partial charge is 0.343 e. The van der Waals surface area contributed by atoms with Crippen molar-refractivity contribution in [2.75, 3.05) is 11.1 Å². The lowest BCUT2D eigenvalue weighted by molar-refractivity contribution is -0.113. The summed E-state index contributed by atoms with van der Waals surface area (Å²) in [6.45, 7) is 2.38. The van der Waals surface area contributed by atoms with Crippen molar-refractivity contribution in [3.05, 3.63) is 75.2 Å². The van der Waals surface area contributed by atoms with Crippen LogP contribution in [0.4, 0.5) is 5.69 Å². The van der Waals surface area contributed by atoms with Crippen LogP contribution in [0.5, 0.6) is 0 Å². The van der Waals surface area contributed by atoms with Crippen molar-refractivity contribution in [1.82, 2.24) is 14.8 Å². The van der Waals surface area contributed by atoms with Crippen molar-refractivity contribution in [2.45, 2.75) is 25.0 Å². The van der Waals surface area contributed by atoms with Gasteiger partial charge in [-0.05, 0) is 42.7 Å². The van der Waals surface area contributed by atoms with Gasteiger partial charge in [-0.1, -0.05) is 53.7 Å². The molecule has 2 aromatic carbocycles. The molecule has 3 rings (SSSR count). The fraction of sp³-hybridized carbons (Fsp3) is 0.211. The Balaban J connectivity index is 1.59. The second kappa shape index (κ2) is 8.92. The van der Waals surface area contributed by atoms with Crippen molar-refractivity contribution in [1.29, 1.82) is 0 Å². The SMILES string of the molecule is Cc1cc(Cl)ccc1NC(=O)CSc1n[nH]c(=O)n1CCc1ccccc1. The van der Waals surface area contributed by atoms with Crippen LogP contribution < -0.4 is 11.0 Å². The predicted octanol–water partition coefficient (Wildman–Crippen LogP) is 3.51. The number of rotatable bonds is 7. The maximum atomic E-state index is 12.2. The Morgan fingerprint density at radius 3 is 2.78 bits per heavy atom. The minimum atomic E-state index is -0.276. The summed E-state index contributed by atoms with van der Waals surface area (Å²) in [6.07, 6.45) is 0.712. The average Bonchev–Trinajstić information content (AvgIpc) is 3.01. The zero-order chi connectivity index (χ0) is 19.2. The van der Waals surface area contributed by atoms with Gasteiger partial charge in [0.2, 0.25) is 5.91 Å². The summed E-state index contributed by atoms with van der Waals surface area (Å²) in [5.74, 6) is -0.0204. The van der Waals surface area contributed by atoms with Gasteiger partial charge in [-0.15, -0.1) is 5.10 Å². The third kappa shape index (κ3) is 5.24. The maximum Gasteiger partial charge on any atom is 0.343 e. The van der Waals surface area contributed by atoms with E-state index in [0.717, 1.165) is 11.1 Å². The summed E-state index contributed by atoms with van der Waals surface area (Å²) in [6, 6.07) is 15.2. The van der Waals surface area contributed by atoms with E-state index < -0.39 is 0 Å². The molecule has 0 atom stereocenters. The fourth-order valence-corrected chi connectivity index (χ4v) is 3.58. The molecule has 0 saturated heterocycles. The molecule has 0 fully saturated rings. The molecule has 140 valence electrons. The van der Waals surface area contributed by atoms with Gasteiger partial charge in [0.05, 0.1) is 5.75 Å². The number of nitrogens with one attached hydrogen (secondary N) is 2. The van der Waals surface area contributed by atoms with E-state index in [1.165, 1.54) is 11.8 Å². The van der Waals surface area contributed by atoms with E-state index in [-0.39, 0.29) is 17.3 Å². The molecule has 0 bridgehead atoms. The highest BCUT2D eigenvalue weighted by Gasteiger charge is 2.12. The van der Waals surface area contributed by atoms with E-state index in [2.05, 4.69) is 15.5 Å². The summed E-state index contributed by atoms with van der Waals surface area (Å²) in [7, 11) is 0. The lowest BCUT2D eigenvalue weighted by Gasteiger charge is -2.09. The number of nitrogens with zero attached hydrogens (tertiary/aromatic N) is 2. The first-order chi connectivity index (χ1) is 13.0. The number of aromatic amines is 1. The zero-order valence-electron chi connectivity index (χ0n) is 14.7. The highest BCUT2D eigenvalue weighted by molar-refractivity contribution is 7.99. The third-order valence-corrected chi connectivity index (χ3v) is 5.20. The van der Waals surface area contributed by atoms with Gasteiger partial charge >= 0.3 is 5.69 Å². The van der Waals surface area contributed by atoms with Crippen LogP contribution in [0.2, 0.25) is 5.02 Å². The van der Waals surface area contributed by atoms with E-state index >= 15 is 0 Å². The maximum absolute atomic E-state index is 12.2. The topological polar surface area (TPSA) is 79.8 Å². The molecule has 1 heterocycles. The van der Waals surface area contributed by atoms with Crippen LogP contribution in [-0.2, 0) is 17.8 Å². The second-order valence-electron chi connectivity index (χ2n) is 5.99. The van der Waals surface area contributed by atoms with Gasteiger partial charge < -0.3 is 5.32 Å². The van der Waals surface area contributed by atoms with E-state index in [1.54, 1.807) is 22.8 Å². The van der Waals surface area contributed by atoms with Crippen LogP contribution in [0.1, 0.15) is 11.1 Å². The monoisotopic (exact) mass is 402 g/mol. The van der Waals surface area contributed by atoms with Gasteiger partial charge in [0, 0.05) is 17.3 Å². The van der Waals surface area contributed by atoms with Gasteiger partial charge in [0.15, 0.2) is 5.16 Å². The summed E-state index contributed by atoms with van der Waals surface area (Å²) >= 11 is 7.15. The van der Waals surface area contributed by atoms with Crippen LogP contribution in [0.15, 0.2) is 58.5 Å². The van der Waals surface area contributed by atoms with Crippen molar-refractivity contribution in [3.63, 3.8) is 0 Å². The molecule has 0 aliphatic rings. The highest BCUT2D eigenvalue weighted by atomic mass is 35.5. The molecule has 3 aromatic rings. The zero-order valence-corrected chi connectivity index (χ0v) is 16.3. The molecule has 0 aliphatic carbocycles. The standard InChI is InChI=1S/C19H19ClN4O2S/c1-13-11-15(20)7-8-16(13)21-17(25)12-27-19-23-22-18(26)24(19)10-9-14-5-3-2-4-6-14/h2-8,11H,9-10,12H2,1H3,(H,21,25)(H,22,26). The number of hydrogen-bond donors (Lipinski definition) is 2. The first kappa shape index (κ1) is 19.3. The molecular formula is C19H19ClN4O2S. The molecule has 2 N–H and O–H groups in total. The molecule has 0 aliphatic heterocycles. The number of aryl methyl sites for hydroxylation is 2. The number of anilines is 1. The van der Waals surface area contributed by atoms with Crippen molar-refractivity contribution in [3.8, 4) is 0 Å². The molecule has 0 radical (unpaired) electrons. The van der Waals surface area contributed by atoms with Crippen molar-refractivity contribution < 1.29 is 4.79 Å². The van der Waals surface area contributed by atoms with Gasteiger partial charge in [-0.25, -0.2) is 9.89 Å². The minimum Gasteiger partial charge on any atom is -0.325 e. The predicted molar refractivity (Wildman–Crippen MR) is 109 cm³/mol. The Labute approximate surface area is 165 Å². The molecule has 8 heteroatoms. The lowest BCUT2D eigenvalue weighted by atomic mass is 10.1. The Morgan fingerprint density at radius 2 is 2.04 bits per heavy atom.